The van der Waals surface area contributed by atoms with Crippen molar-refractivity contribution < 1.29 is 9.90 Å². The van der Waals surface area contributed by atoms with Crippen LogP contribution in [0.3, 0.4) is 0 Å². The molecule has 0 bridgehead atoms. The quantitative estimate of drug-likeness (QED) is 0.424. The number of likely N-dealkylation sites (N-methyl/N-ethyl adjacent to an activating group) is 1. The van der Waals surface area contributed by atoms with Gasteiger partial charge in [-0.25, -0.2) is 9.97 Å². The van der Waals surface area contributed by atoms with E-state index < -0.39 is 6.10 Å². The van der Waals surface area contributed by atoms with Crippen LogP contribution < -0.4 is 4.90 Å². The van der Waals surface area contributed by atoms with Gasteiger partial charge in [-0.2, -0.15) is 0 Å². The molecule has 0 spiro atoms. The minimum Gasteiger partial charge on any atom is -0.387 e. The predicted molar refractivity (Wildman–Crippen MR) is 134 cm³/mol. The van der Waals surface area contributed by atoms with Crippen molar-refractivity contribution in [2.75, 3.05) is 25.5 Å². The molecule has 3 aromatic carbocycles. The highest BCUT2D eigenvalue weighted by atomic mass is 16.3. The highest BCUT2D eigenvalue weighted by molar-refractivity contribution is 5.99. The van der Waals surface area contributed by atoms with Crippen LogP contribution in [0.1, 0.15) is 27.6 Å². The van der Waals surface area contributed by atoms with E-state index in [0.717, 1.165) is 16.7 Å². The molecule has 0 radical (unpaired) electrons. The third kappa shape index (κ3) is 5.47. The Morgan fingerprint density at radius 2 is 1.47 bits per heavy atom. The zero-order valence-corrected chi connectivity index (χ0v) is 19.4. The maximum atomic E-state index is 13.4. The van der Waals surface area contributed by atoms with Crippen LogP contribution in [0.25, 0.3) is 11.3 Å². The summed E-state index contributed by atoms with van der Waals surface area (Å²) in [5, 5.41) is 10.6. The summed E-state index contributed by atoms with van der Waals surface area (Å²) in [6.45, 7) is 0.804. The largest absolute Gasteiger partial charge is 0.387 e. The van der Waals surface area contributed by atoms with Gasteiger partial charge in [-0.05, 0) is 11.1 Å². The first kappa shape index (κ1) is 23.1. The Morgan fingerprint density at radius 3 is 2.12 bits per heavy atom. The molecule has 172 valence electrons. The molecule has 0 aliphatic heterocycles. The molecule has 0 saturated carbocycles. The summed E-state index contributed by atoms with van der Waals surface area (Å²) in [4.78, 5) is 26.2. The number of aromatic nitrogens is 2. The van der Waals surface area contributed by atoms with Crippen LogP contribution in [0.4, 0.5) is 5.95 Å². The monoisotopic (exact) mass is 452 g/mol. The molecule has 0 aliphatic rings. The van der Waals surface area contributed by atoms with Crippen LogP contribution in [0.15, 0.2) is 97.2 Å². The maximum Gasteiger partial charge on any atom is 0.257 e. The zero-order valence-electron chi connectivity index (χ0n) is 19.4. The summed E-state index contributed by atoms with van der Waals surface area (Å²) in [6, 6.07) is 29.0. The molecule has 4 aromatic rings. The first-order valence-corrected chi connectivity index (χ1v) is 11.2. The molecule has 0 aliphatic carbocycles. The average Bonchev–Trinajstić information content (AvgIpc) is 2.89. The zero-order chi connectivity index (χ0) is 23.9. The second kappa shape index (κ2) is 10.7. The molecule has 0 fully saturated rings. The predicted octanol–water partition coefficient (Wildman–Crippen LogP) is 4.59. The molecule has 1 amide bonds. The van der Waals surface area contributed by atoms with Crippen molar-refractivity contribution in [2.45, 2.75) is 12.6 Å². The lowest BCUT2D eigenvalue weighted by Crippen LogP contribution is -2.32. The van der Waals surface area contributed by atoms with Gasteiger partial charge < -0.3 is 14.9 Å². The summed E-state index contributed by atoms with van der Waals surface area (Å²) in [6.07, 6.45) is 0.799. The van der Waals surface area contributed by atoms with Crippen LogP contribution >= 0.6 is 0 Å². The van der Waals surface area contributed by atoms with E-state index in [4.69, 9.17) is 4.98 Å². The number of hydrogen-bond donors (Lipinski definition) is 1. The van der Waals surface area contributed by atoms with Gasteiger partial charge in [0, 0.05) is 32.4 Å². The smallest absolute Gasteiger partial charge is 0.257 e. The van der Waals surface area contributed by atoms with Gasteiger partial charge in [-0.3, -0.25) is 4.79 Å². The van der Waals surface area contributed by atoms with Gasteiger partial charge >= 0.3 is 0 Å². The fourth-order valence-corrected chi connectivity index (χ4v) is 3.79. The molecule has 34 heavy (non-hydrogen) atoms. The molecule has 1 atom stereocenters. The molecule has 4 rings (SSSR count). The van der Waals surface area contributed by atoms with E-state index in [9.17, 15) is 9.90 Å². The van der Waals surface area contributed by atoms with E-state index >= 15 is 0 Å². The van der Waals surface area contributed by atoms with E-state index in [1.165, 1.54) is 4.90 Å². The van der Waals surface area contributed by atoms with E-state index in [1.807, 2.05) is 90.8 Å². The van der Waals surface area contributed by atoms with Gasteiger partial charge in [0.1, 0.15) is 0 Å². The lowest BCUT2D eigenvalue weighted by Gasteiger charge is -2.23. The van der Waals surface area contributed by atoms with Crippen molar-refractivity contribution in [3.8, 4) is 11.3 Å². The maximum absolute atomic E-state index is 13.4. The summed E-state index contributed by atoms with van der Waals surface area (Å²) >= 11 is 0. The molecule has 1 heterocycles. The van der Waals surface area contributed by atoms with E-state index in [-0.39, 0.29) is 12.5 Å². The highest BCUT2D eigenvalue weighted by Gasteiger charge is 2.22. The van der Waals surface area contributed by atoms with Crippen LogP contribution in [0.2, 0.25) is 0 Å². The number of amides is 1. The molecular formula is C28H28N4O2. The van der Waals surface area contributed by atoms with Crippen LogP contribution in [-0.2, 0) is 6.54 Å². The van der Waals surface area contributed by atoms with Crippen LogP contribution in [0, 0.1) is 0 Å². The summed E-state index contributed by atoms with van der Waals surface area (Å²) in [5.41, 5.74) is 3.70. The Kier molecular flexibility index (Phi) is 7.30. The van der Waals surface area contributed by atoms with E-state index in [2.05, 4.69) is 17.1 Å². The van der Waals surface area contributed by atoms with Gasteiger partial charge in [-0.15, -0.1) is 0 Å². The van der Waals surface area contributed by atoms with Crippen molar-refractivity contribution >= 4 is 11.9 Å². The number of carbonyl (C=O) groups excluding carboxylic acids is 1. The third-order valence-electron chi connectivity index (χ3n) is 5.64. The van der Waals surface area contributed by atoms with Crippen LogP contribution in [-0.4, -0.2) is 46.5 Å². The second-order valence-electron chi connectivity index (χ2n) is 8.25. The van der Waals surface area contributed by atoms with Crippen molar-refractivity contribution in [1.29, 1.82) is 0 Å². The SMILES string of the molecule is CN(CC(O)c1ccccc1)C(=O)c1cnc(N(C)Cc2ccccc2)nc1-c1ccccc1. The van der Waals surface area contributed by atoms with Crippen LogP contribution in [0.5, 0.6) is 0 Å². The number of hydrogen-bond acceptors (Lipinski definition) is 5. The van der Waals surface area contributed by atoms with Gasteiger partial charge in [0.2, 0.25) is 5.95 Å². The highest BCUT2D eigenvalue weighted by Crippen LogP contribution is 2.25. The summed E-state index contributed by atoms with van der Waals surface area (Å²) in [7, 11) is 3.61. The van der Waals surface area contributed by atoms with Gasteiger partial charge in [0.05, 0.1) is 23.9 Å². The second-order valence-corrected chi connectivity index (χ2v) is 8.25. The Hall–Kier alpha value is -4.03. The number of benzene rings is 3. The number of carbonyl (C=O) groups is 1. The standard InChI is InChI=1S/C28H28N4O2/c1-31(20-25(33)22-14-8-4-9-15-22)27(34)24-18-29-28(30-26(24)23-16-10-5-11-17-23)32(2)19-21-12-6-3-7-13-21/h3-18,25,33H,19-20H2,1-2H3. The van der Waals surface area contributed by atoms with Crippen molar-refractivity contribution in [2.24, 2.45) is 0 Å². The topological polar surface area (TPSA) is 69.6 Å². The number of rotatable bonds is 8. The Bertz CT molecular complexity index is 1220. The number of aliphatic hydroxyl groups is 1. The number of aliphatic hydroxyl groups excluding tert-OH is 1. The first-order valence-electron chi connectivity index (χ1n) is 11.2. The fraction of sp³-hybridized carbons (Fsp3) is 0.179. The van der Waals surface area contributed by atoms with Gasteiger partial charge in [0.25, 0.3) is 5.91 Å². The third-order valence-corrected chi connectivity index (χ3v) is 5.64. The van der Waals surface area contributed by atoms with Gasteiger partial charge in [-0.1, -0.05) is 91.0 Å². The Balaban J connectivity index is 1.61. The normalized spacial score (nSPS) is 11.6. The van der Waals surface area contributed by atoms with Crippen molar-refractivity contribution in [1.82, 2.24) is 14.9 Å². The lowest BCUT2D eigenvalue weighted by atomic mass is 10.1. The average molecular weight is 453 g/mol. The van der Waals surface area contributed by atoms with Gasteiger partial charge in [0.15, 0.2) is 0 Å². The molecule has 6 nitrogen and oxygen atoms in total. The number of anilines is 1. The lowest BCUT2D eigenvalue weighted by molar-refractivity contribution is 0.0681. The van der Waals surface area contributed by atoms with Crippen molar-refractivity contribution in [3.05, 3.63) is 114 Å². The molecule has 6 heteroatoms. The first-order chi connectivity index (χ1) is 16.5. The fourth-order valence-electron chi connectivity index (χ4n) is 3.79. The minimum absolute atomic E-state index is 0.159. The summed E-state index contributed by atoms with van der Waals surface area (Å²) in [5.74, 6) is 0.289. The molecule has 0 saturated heterocycles. The summed E-state index contributed by atoms with van der Waals surface area (Å²) < 4.78 is 0. The Morgan fingerprint density at radius 1 is 0.882 bits per heavy atom. The minimum atomic E-state index is -0.785. The molecule has 1 N–H and O–H groups in total. The Labute approximate surface area is 200 Å². The molecular weight excluding hydrogens is 424 g/mol. The molecule has 1 unspecified atom stereocenters. The van der Waals surface area contributed by atoms with E-state index in [1.54, 1.807) is 13.2 Å². The number of nitrogens with zero attached hydrogens (tertiary/aromatic N) is 4. The van der Waals surface area contributed by atoms with Crippen molar-refractivity contribution in [3.63, 3.8) is 0 Å². The van der Waals surface area contributed by atoms with E-state index in [0.29, 0.717) is 23.8 Å². The molecule has 1 aromatic heterocycles.